The van der Waals surface area contributed by atoms with E-state index in [9.17, 15) is 5.11 Å². The van der Waals surface area contributed by atoms with Crippen LogP contribution < -0.4 is 0 Å². The standard InChI is InChI=1S/C10H15NO/c1-8(11(2)3)9-5-4-6-10(12)7-9/h4-8,12H,1-3H3/t8-/m0/s1/i2D3,3D3. The summed E-state index contributed by atoms with van der Waals surface area (Å²) < 4.78 is 43.9. The molecule has 1 aromatic carbocycles. The fraction of sp³-hybridized carbons (Fsp3) is 0.400. The molecule has 0 saturated heterocycles. The van der Waals surface area contributed by atoms with E-state index in [0.717, 1.165) is 0 Å². The number of hydrogen-bond acceptors (Lipinski definition) is 2. The molecule has 66 valence electrons. The van der Waals surface area contributed by atoms with Gasteiger partial charge in [0.05, 0.1) is 0 Å². The van der Waals surface area contributed by atoms with E-state index in [2.05, 4.69) is 0 Å². The minimum absolute atomic E-state index is 0.0321. The minimum Gasteiger partial charge on any atom is -0.508 e. The van der Waals surface area contributed by atoms with Crippen LogP contribution in [0.1, 0.15) is 26.8 Å². The average Bonchev–Trinajstić information content (AvgIpc) is 2.12. The molecule has 0 bridgehead atoms. The lowest BCUT2D eigenvalue weighted by Crippen LogP contribution is -2.16. The lowest BCUT2D eigenvalue weighted by Gasteiger charge is -2.19. The Bertz CT molecular complexity index is 400. The zero-order valence-electron chi connectivity index (χ0n) is 12.8. The first-order valence-corrected chi connectivity index (χ1v) is 3.62. The van der Waals surface area contributed by atoms with Crippen molar-refractivity contribution >= 4 is 0 Å². The van der Waals surface area contributed by atoms with Crippen molar-refractivity contribution in [2.24, 2.45) is 0 Å². The molecule has 12 heavy (non-hydrogen) atoms. The van der Waals surface area contributed by atoms with Gasteiger partial charge in [-0.05, 0) is 38.6 Å². The predicted molar refractivity (Wildman–Crippen MR) is 50.2 cm³/mol. The lowest BCUT2D eigenvalue weighted by atomic mass is 10.1. The Morgan fingerprint density at radius 3 is 2.83 bits per heavy atom. The van der Waals surface area contributed by atoms with Gasteiger partial charge in [0.25, 0.3) is 0 Å². The third-order valence-corrected chi connectivity index (χ3v) is 1.74. The number of rotatable bonds is 2. The largest absolute Gasteiger partial charge is 0.508 e. The Kier molecular flexibility index (Phi) is 1.13. The normalized spacial score (nSPS) is 22.8. The summed E-state index contributed by atoms with van der Waals surface area (Å²) in [6.45, 7) is -4.00. The molecule has 0 saturated carbocycles. The van der Waals surface area contributed by atoms with Gasteiger partial charge in [0.1, 0.15) is 5.75 Å². The highest BCUT2D eigenvalue weighted by molar-refractivity contribution is 5.28. The molecule has 2 nitrogen and oxygen atoms in total. The van der Waals surface area contributed by atoms with E-state index in [1.54, 1.807) is 12.1 Å². The molecule has 0 unspecified atom stereocenters. The molecule has 0 aliphatic carbocycles. The Labute approximate surface area is 81.9 Å². The fourth-order valence-electron chi connectivity index (χ4n) is 0.934. The second-order valence-corrected chi connectivity index (χ2v) is 2.64. The van der Waals surface area contributed by atoms with Crippen LogP contribution in [0.15, 0.2) is 24.3 Å². The van der Waals surface area contributed by atoms with Crippen molar-refractivity contribution < 1.29 is 13.3 Å². The molecule has 0 heterocycles. The Morgan fingerprint density at radius 2 is 2.25 bits per heavy atom. The van der Waals surface area contributed by atoms with E-state index in [1.807, 2.05) is 0 Å². The molecule has 1 atom stereocenters. The van der Waals surface area contributed by atoms with Gasteiger partial charge in [-0.25, -0.2) is 0 Å². The number of nitrogens with zero attached hydrogens (tertiary/aromatic N) is 1. The first-order chi connectivity index (χ1) is 8.03. The van der Waals surface area contributed by atoms with E-state index < -0.39 is 20.0 Å². The van der Waals surface area contributed by atoms with Crippen molar-refractivity contribution in [3.63, 3.8) is 0 Å². The molecule has 2 heteroatoms. The van der Waals surface area contributed by atoms with Gasteiger partial charge in [-0.3, -0.25) is 0 Å². The molecule has 1 N–H and O–H groups in total. The highest BCUT2D eigenvalue weighted by atomic mass is 16.3. The van der Waals surface area contributed by atoms with Gasteiger partial charge in [0.2, 0.25) is 0 Å². The summed E-state index contributed by atoms with van der Waals surface area (Å²) in [6, 6.07) is 5.05. The second-order valence-electron chi connectivity index (χ2n) is 2.64. The van der Waals surface area contributed by atoms with Crippen LogP contribution in [0.3, 0.4) is 0 Å². The summed E-state index contributed by atoms with van der Waals surface area (Å²) >= 11 is 0. The molecule has 0 spiro atoms. The molecule has 0 aromatic heterocycles. The summed E-state index contributed by atoms with van der Waals surface area (Å²) in [5.74, 6) is -0.0321. The summed E-state index contributed by atoms with van der Waals surface area (Å²) in [7, 11) is 0. The molecule has 0 radical (unpaired) electrons. The SMILES string of the molecule is [2H]C([2H])([2H])N([C@@H](C)c1cccc(O)c1)C([2H])([2H])[2H]. The Morgan fingerprint density at radius 1 is 1.50 bits per heavy atom. The molecule has 0 fully saturated rings. The molecule has 0 aliphatic rings. The number of phenols is 1. The van der Waals surface area contributed by atoms with E-state index in [4.69, 9.17) is 8.22 Å². The van der Waals surface area contributed by atoms with Gasteiger partial charge in [-0.15, -0.1) is 0 Å². The summed E-state index contributed by atoms with van der Waals surface area (Å²) in [6.07, 6.45) is 0. The van der Waals surface area contributed by atoms with Crippen LogP contribution in [-0.4, -0.2) is 24.0 Å². The third kappa shape index (κ3) is 1.98. The van der Waals surface area contributed by atoms with Crippen LogP contribution in [0.4, 0.5) is 0 Å². The number of benzene rings is 1. The van der Waals surface area contributed by atoms with Crippen LogP contribution in [0, 0.1) is 0 Å². The van der Waals surface area contributed by atoms with Crippen molar-refractivity contribution in [1.29, 1.82) is 0 Å². The fourth-order valence-corrected chi connectivity index (χ4v) is 0.934. The maximum atomic E-state index is 9.35. The first kappa shape index (κ1) is 3.79. The van der Waals surface area contributed by atoms with Crippen molar-refractivity contribution in [2.45, 2.75) is 13.0 Å². The van der Waals surface area contributed by atoms with Crippen LogP contribution in [-0.2, 0) is 0 Å². The predicted octanol–water partition coefficient (Wildman–Crippen LogP) is 2.01. The second kappa shape index (κ2) is 3.59. The van der Waals surface area contributed by atoms with Crippen LogP contribution in [0.5, 0.6) is 5.75 Å². The molecule has 1 rings (SSSR count). The van der Waals surface area contributed by atoms with Gasteiger partial charge in [-0.1, -0.05) is 12.1 Å². The van der Waals surface area contributed by atoms with E-state index >= 15 is 0 Å². The van der Waals surface area contributed by atoms with Gasteiger partial charge >= 0.3 is 0 Å². The van der Waals surface area contributed by atoms with Gasteiger partial charge in [0.15, 0.2) is 0 Å². The number of aromatic hydroxyl groups is 1. The lowest BCUT2D eigenvalue weighted by molar-refractivity contribution is 0.320. The summed E-state index contributed by atoms with van der Waals surface area (Å²) in [4.78, 5) is 0.481. The van der Waals surface area contributed by atoms with Crippen molar-refractivity contribution in [3.05, 3.63) is 29.8 Å². The van der Waals surface area contributed by atoms with E-state index in [-0.39, 0.29) is 5.75 Å². The molecular formula is C10H15NO. The van der Waals surface area contributed by atoms with Crippen molar-refractivity contribution in [3.8, 4) is 5.75 Å². The monoisotopic (exact) mass is 171 g/mol. The van der Waals surface area contributed by atoms with Crippen LogP contribution >= 0.6 is 0 Å². The zero-order chi connectivity index (χ0) is 14.1. The quantitative estimate of drug-likeness (QED) is 0.736. The van der Waals surface area contributed by atoms with Crippen molar-refractivity contribution in [2.75, 3.05) is 14.0 Å². The van der Waals surface area contributed by atoms with E-state index in [0.29, 0.717) is 10.5 Å². The molecule has 0 aliphatic heterocycles. The molecule has 0 amide bonds. The van der Waals surface area contributed by atoms with Gasteiger partial charge in [0, 0.05) is 14.3 Å². The Balaban J connectivity index is 3.15. The van der Waals surface area contributed by atoms with Crippen LogP contribution in [0.25, 0.3) is 0 Å². The maximum absolute atomic E-state index is 9.35. The topological polar surface area (TPSA) is 23.5 Å². The van der Waals surface area contributed by atoms with Gasteiger partial charge in [-0.2, -0.15) is 0 Å². The van der Waals surface area contributed by atoms with E-state index in [1.165, 1.54) is 19.1 Å². The Hall–Kier alpha value is -1.02. The van der Waals surface area contributed by atoms with Gasteiger partial charge < -0.3 is 10.0 Å². The average molecular weight is 171 g/mol. The summed E-state index contributed by atoms with van der Waals surface area (Å²) in [5, 5.41) is 9.35. The summed E-state index contributed by atoms with van der Waals surface area (Å²) in [5.41, 5.74) is 0.433. The first-order valence-electron chi connectivity index (χ1n) is 6.62. The number of hydrogen-bond donors (Lipinski definition) is 1. The molecular weight excluding hydrogens is 150 g/mol. The highest BCUT2D eigenvalue weighted by Crippen LogP contribution is 2.20. The van der Waals surface area contributed by atoms with Crippen LogP contribution in [0.2, 0.25) is 0 Å². The maximum Gasteiger partial charge on any atom is 0.115 e. The molecule has 1 aromatic rings. The van der Waals surface area contributed by atoms with Crippen molar-refractivity contribution in [1.82, 2.24) is 4.90 Å². The number of phenolic OH excluding ortho intramolecular Hbond substituents is 1. The smallest absolute Gasteiger partial charge is 0.115 e. The highest BCUT2D eigenvalue weighted by Gasteiger charge is 2.06. The minimum atomic E-state index is -2.74. The third-order valence-electron chi connectivity index (χ3n) is 1.74. The zero-order valence-corrected chi connectivity index (χ0v) is 6.78.